The van der Waals surface area contributed by atoms with E-state index in [1.54, 1.807) is 24.3 Å². The van der Waals surface area contributed by atoms with Crippen molar-refractivity contribution < 1.29 is 39.0 Å². The zero-order valence-electron chi connectivity index (χ0n) is 26.8. The molecule has 9 nitrogen and oxygen atoms in total. The topological polar surface area (TPSA) is 120 Å². The smallest absolute Gasteiger partial charge is 0.307 e. The molecule has 0 saturated heterocycles. The normalized spacial score (nSPS) is 11.8. The molecule has 1 amide bonds. The van der Waals surface area contributed by atoms with Gasteiger partial charge in [-0.15, -0.1) is 0 Å². The zero-order valence-corrected chi connectivity index (χ0v) is 26.8. The summed E-state index contributed by atoms with van der Waals surface area (Å²) in [4.78, 5) is 45.7. The van der Waals surface area contributed by atoms with Crippen LogP contribution in [0, 0.1) is 5.92 Å². The average Bonchev–Trinajstić information content (AvgIpc) is 3.05. The molecule has 2 aromatic rings. The van der Waals surface area contributed by atoms with Crippen LogP contribution >= 0.6 is 0 Å². The highest BCUT2D eigenvalue weighted by Gasteiger charge is 2.20. The maximum atomic E-state index is 12.5. The second kappa shape index (κ2) is 24.8. The molecule has 1 atom stereocenters. The van der Waals surface area contributed by atoms with Crippen LogP contribution in [0.1, 0.15) is 118 Å². The first-order valence-corrected chi connectivity index (χ1v) is 16.4. The number of ketones is 1. The number of aliphatic carboxylic acids is 1. The average molecular weight is 626 g/mol. The summed E-state index contributed by atoms with van der Waals surface area (Å²) in [5.74, 6) is -2.11. The molecule has 2 aromatic carbocycles. The highest BCUT2D eigenvalue weighted by molar-refractivity contribution is 6.08. The quantitative estimate of drug-likeness (QED) is 0.0336. The summed E-state index contributed by atoms with van der Waals surface area (Å²) in [6.07, 6.45) is 17.3. The lowest BCUT2D eigenvalue weighted by atomic mass is 9.96. The number of unbranched alkanes of at least 4 members (excludes halogenated alkanes) is 11. The van der Waals surface area contributed by atoms with E-state index in [0.29, 0.717) is 24.2 Å². The van der Waals surface area contributed by atoms with Gasteiger partial charge in [-0.05, 0) is 17.0 Å². The fourth-order valence-corrected chi connectivity index (χ4v) is 4.86. The van der Waals surface area contributed by atoms with Crippen LogP contribution in [-0.2, 0) is 35.7 Å². The van der Waals surface area contributed by atoms with E-state index < -0.39 is 17.8 Å². The Morgan fingerprint density at radius 3 is 2.00 bits per heavy atom. The predicted octanol–water partition coefficient (Wildman–Crippen LogP) is 8.08. The Balaban J connectivity index is 1.45. The van der Waals surface area contributed by atoms with Gasteiger partial charge in [0.15, 0.2) is 5.78 Å². The summed E-state index contributed by atoms with van der Waals surface area (Å²) >= 11 is 0. The maximum Gasteiger partial charge on any atom is 0.307 e. The number of benzene rings is 2. The van der Waals surface area contributed by atoms with Crippen molar-refractivity contribution in [2.24, 2.45) is 5.92 Å². The van der Waals surface area contributed by atoms with E-state index in [0.717, 1.165) is 31.1 Å². The Morgan fingerprint density at radius 2 is 1.38 bits per heavy atom. The van der Waals surface area contributed by atoms with Crippen molar-refractivity contribution >= 4 is 17.7 Å². The number of amides is 1. The lowest BCUT2D eigenvalue weighted by molar-refractivity contribution is -0.491. The molecule has 0 aliphatic heterocycles. The molecule has 1 unspecified atom stereocenters. The van der Waals surface area contributed by atoms with Gasteiger partial charge in [-0.2, -0.15) is 4.89 Å². The van der Waals surface area contributed by atoms with E-state index in [1.807, 2.05) is 30.3 Å². The van der Waals surface area contributed by atoms with Gasteiger partial charge in [0.25, 0.3) is 0 Å². The zero-order chi connectivity index (χ0) is 32.4. The summed E-state index contributed by atoms with van der Waals surface area (Å²) in [6.45, 7) is 2.92. The van der Waals surface area contributed by atoms with E-state index in [9.17, 15) is 19.5 Å². The Bertz CT molecular complexity index is 1100. The third-order valence-electron chi connectivity index (χ3n) is 7.47. The van der Waals surface area contributed by atoms with Crippen molar-refractivity contribution in [3.63, 3.8) is 0 Å². The SMILES string of the molecule is CCCCCCCCCCCCCCC(CC(=O)NC=COOOCCOCc1ccc(C(=O)c2ccccc2)cc1)C(=O)O. The van der Waals surface area contributed by atoms with Gasteiger partial charge >= 0.3 is 5.97 Å². The van der Waals surface area contributed by atoms with E-state index in [1.165, 1.54) is 64.0 Å². The molecule has 248 valence electrons. The molecular formula is C36H51NO8. The fourth-order valence-electron chi connectivity index (χ4n) is 4.86. The van der Waals surface area contributed by atoms with Gasteiger partial charge in [-0.3, -0.25) is 14.4 Å². The molecule has 9 heteroatoms. The number of rotatable bonds is 27. The third kappa shape index (κ3) is 18.1. The Morgan fingerprint density at radius 1 is 0.778 bits per heavy atom. The molecule has 2 N–H and O–H groups in total. The first-order valence-electron chi connectivity index (χ1n) is 16.4. The van der Waals surface area contributed by atoms with Gasteiger partial charge < -0.3 is 20.0 Å². The van der Waals surface area contributed by atoms with Crippen LogP contribution in [0.5, 0.6) is 0 Å². The molecule has 0 spiro atoms. The summed E-state index contributed by atoms with van der Waals surface area (Å²) < 4.78 is 5.53. The lowest BCUT2D eigenvalue weighted by Gasteiger charge is -2.11. The molecule has 0 heterocycles. The van der Waals surface area contributed by atoms with Gasteiger partial charge in [-0.25, -0.2) is 0 Å². The molecule has 0 fully saturated rings. The molecular weight excluding hydrogens is 574 g/mol. The van der Waals surface area contributed by atoms with E-state index >= 15 is 0 Å². The van der Waals surface area contributed by atoms with Crippen LogP contribution in [0.25, 0.3) is 0 Å². The predicted molar refractivity (Wildman–Crippen MR) is 173 cm³/mol. The summed E-state index contributed by atoms with van der Waals surface area (Å²) in [7, 11) is 0. The number of ether oxygens (including phenoxy) is 1. The monoisotopic (exact) mass is 625 g/mol. The van der Waals surface area contributed by atoms with Gasteiger partial charge in [0.2, 0.25) is 5.91 Å². The minimum Gasteiger partial charge on any atom is -0.481 e. The molecule has 45 heavy (non-hydrogen) atoms. The van der Waals surface area contributed by atoms with E-state index in [4.69, 9.17) is 14.5 Å². The Labute approximate surface area is 268 Å². The fraction of sp³-hybridized carbons (Fsp3) is 0.528. The number of carboxylic acid groups (broad SMARTS) is 1. The van der Waals surface area contributed by atoms with Crippen molar-refractivity contribution in [1.29, 1.82) is 0 Å². The van der Waals surface area contributed by atoms with Crippen molar-refractivity contribution in [1.82, 2.24) is 5.32 Å². The molecule has 0 saturated carbocycles. The number of carboxylic acids is 1. The Kier molecular flexibility index (Phi) is 20.7. The molecule has 2 rings (SSSR count). The van der Waals surface area contributed by atoms with E-state index in [2.05, 4.69) is 17.3 Å². The standard InChI is InChI=1S/C36H51NO8/c1-2-3-4-5-6-7-8-9-10-11-12-14-19-33(36(40)41)28-34(38)37-24-25-43-45-44-27-26-42-29-30-20-22-32(23-21-30)35(39)31-17-15-13-16-18-31/h13,15-18,20-25,33H,2-12,14,19,26-29H2,1H3,(H,37,38)(H,40,41). The number of hydrogen-bond donors (Lipinski definition) is 2. The number of hydrogen-bond acceptors (Lipinski definition) is 7. The lowest BCUT2D eigenvalue weighted by Crippen LogP contribution is -2.25. The Hall–Kier alpha value is -3.53. The second-order valence-corrected chi connectivity index (χ2v) is 11.2. The summed E-state index contributed by atoms with van der Waals surface area (Å²) in [5, 5.41) is 16.5. The molecule has 0 radical (unpaired) electrons. The molecule has 0 aliphatic carbocycles. The van der Waals surface area contributed by atoms with Crippen LogP contribution in [0.3, 0.4) is 0 Å². The van der Waals surface area contributed by atoms with Crippen molar-refractivity contribution in [2.45, 2.75) is 103 Å². The first-order chi connectivity index (χ1) is 22.0. The number of carbonyl (C=O) groups is 3. The van der Waals surface area contributed by atoms with Crippen molar-refractivity contribution in [3.8, 4) is 0 Å². The minimum atomic E-state index is -0.956. The highest BCUT2D eigenvalue weighted by atomic mass is 17.5. The highest BCUT2D eigenvalue weighted by Crippen LogP contribution is 2.17. The van der Waals surface area contributed by atoms with Crippen molar-refractivity contribution in [3.05, 3.63) is 83.7 Å². The molecule has 0 aliphatic rings. The van der Waals surface area contributed by atoms with Gasteiger partial charge in [-0.1, -0.05) is 139 Å². The second-order valence-electron chi connectivity index (χ2n) is 11.2. The summed E-state index contributed by atoms with van der Waals surface area (Å²) in [6, 6.07) is 16.3. The summed E-state index contributed by atoms with van der Waals surface area (Å²) in [5.41, 5.74) is 2.17. The van der Waals surface area contributed by atoms with Gasteiger partial charge in [0.1, 0.15) is 12.9 Å². The van der Waals surface area contributed by atoms with Gasteiger partial charge in [0, 0.05) is 23.7 Å². The minimum absolute atomic E-state index is 0.0308. The van der Waals surface area contributed by atoms with Crippen LogP contribution in [0.4, 0.5) is 0 Å². The first kappa shape index (κ1) is 37.7. The number of nitrogens with one attached hydrogen (secondary N) is 1. The van der Waals surface area contributed by atoms with Crippen LogP contribution in [0.15, 0.2) is 67.1 Å². The molecule has 0 bridgehead atoms. The third-order valence-corrected chi connectivity index (χ3v) is 7.47. The van der Waals surface area contributed by atoms with Crippen molar-refractivity contribution in [2.75, 3.05) is 13.2 Å². The van der Waals surface area contributed by atoms with Crippen LogP contribution < -0.4 is 5.32 Å². The van der Waals surface area contributed by atoms with Crippen LogP contribution in [0.2, 0.25) is 0 Å². The van der Waals surface area contributed by atoms with Crippen LogP contribution in [-0.4, -0.2) is 36.0 Å². The molecule has 0 aromatic heterocycles. The number of carbonyl (C=O) groups excluding carboxylic acids is 2. The largest absolute Gasteiger partial charge is 0.481 e. The van der Waals surface area contributed by atoms with Gasteiger partial charge in [0.05, 0.1) is 19.1 Å². The van der Waals surface area contributed by atoms with E-state index in [-0.39, 0.29) is 25.4 Å². The maximum absolute atomic E-state index is 12.5.